The van der Waals surface area contributed by atoms with Crippen LogP contribution in [0.2, 0.25) is 0 Å². The third kappa shape index (κ3) is 2.70. The van der Waals surface area contributed by atoms with Crippen LogP contribution < -0.4 is 5.73 Å². The molecule has 0 radical (unpaired) electrons. The van der Waals surface area contributed by atoms with E-state index in [4.69, 9.17) is 5.73 Å². The van der Waals surface area contributed by atoms with Gasteiger partial charge in [0, 0.05) is 19.6 Å². The van der Waals surface area contributed by atoms with Crippen LogP contribution in [0, 0.1) is 5.92 Å². The van der Waals surface area contributed by atoms with Crippen molar-refractivity contribution >= 4 is 21.4 Å². The molecule has 1 aliphatic heterocycles. The van der Waals surface area contributed by atoms with Gasteiger partial charge in [0.25, 0.3) is 10.0 Å². The van der Waals surface area contributed by atoms with Crippen LogP contribution in [-0.2, 0) is 16.6 Å². The Balaban J connectivity index is 2.23. The minimum atomic E-state index is -3.29. The second-order valence-electron chi connectivity index (χ2n) is 4.59. The number of thiophene rings is 1. The zero-order valence-electron chi connectivity index (χ0n) is 9.93. The summed E-state index contributed by atoms with van der Waals surface area (Å²) in [5, 5.41) is 1.82. The molecule has 1 aromatic heterocycles. The van der Waals surface area contributed by atoms with E-state index >= 15 is 0 Å². The van der Waals surface area contributed by atoms with Gasteiger partial charge >= 0.3 is 0 Å². The lowest BCUT2D eigenvalue weighted by Gasteiger charge is -2.29. The first kappa shape index (κ1) is 13.0. The molecule has 1 unspecified atom stereocenters. The van der Waals surface area contributed by atoms with Gasteiger partial charge in [-0.05, 0) is 35.8 Å². The summed E-state index contributed by atoms with van der Waals surface area (Å²) in [4.78, 5) is 0. The first-order valence-electron chi connectivity index (χ1n) is 5.81. The molecule has 1 aliphatic rings. The van der Waals surface area contributed by atoms with Crippen LogP contribution in [0.4, 0.5) is 0 Å². The zero-order valence-corrected chi connectivity index (χ0v) is 11.6. The summed E-state index contributed by atoms with van der Waals surface area (Å²) in [5.41, 5.74) is 6.39. The summed E-state index contributed by atoms with van der Waals surface area (Å²) >= 11 is 1.27. The molecule has 2 N–H and O–H groups in total. The lowest BCUT2D eigenvalue weighted by molar-refractivity contribution is 0.281. The maximum atomic E-state index is 12.4. The number of nitrogens with two attached hydrogens (primary N) is 1. The van der Waals surface area contributed by atoms with E-state index in [0.717, 1.165) is 18.4 Å². The fourth-order valence-corrected chi connectivity index (χ4v) is 5.06. The summed E-state index contributed by atoms with van der Waals surface area (Å²) in [7, 11) is -3.29. The number of hydrogen-bond donors (Lipinski definition) is 1. The molecule has 0 bridgehead atoms. The second kappa shape index (κ2) is 5.06. The number of piperidine rings is 1. The highest BCUT2D eigenvalue weighted by atomic mass is 32.2. The first-order chi connectivity index (χ1) is 8.04. The van der Waals surface area contributed by atoms with E-state index in [0.29, 0.717) is 29.8 Å². The van der Waals surface area contributed by atoms with Gasteiger partial charge < -0.3 is 5.73 Å². The molecule has 1 aromatic rings. The fourth-order valence-electron chi connectivity index (χ4n) is 2.09. The molecule has 0 spiro atoms. The molecule has 2 heterocycles. The molecule has 0 amide bonds. The minimum absolute atomic E-state index is 0.391. The van der Waals surface area contributed by atoms with Crippen LogP contribution >= 0.6 is 11.3 Å². The SMILES string of the molecule is CC1CCCN(S(=O)(=O)c2cc(CN)cs2)C1. The van der Waals surface area contributed by atoms with Crippen LogP contribution in [0.1, 0.15) is 25.3 Å². The Morgan fingerprint density at radius 1 is 1.59 bits per heavy atom. The Labute approximate surface area is 106 Å². The molecule has 0 aliphatic carbocycles. The van der Waals surface area contributed by atoms with E-state index in [9.17, 15) is 8.42 Å². The van der Waals surface area contributed by atoms with Gasteiger partial charge in [0.05, 0.1) is 0 Å². The minimum Gasteiger partial charge on any atom is -0.326 e. The first-order valence-corrected chi connectivity index (χ1v) is 8.13. The van der Waals surface area contributed by atoms with Gasteiger partial charge in [0.15, 0.2) is 0 Å². The van der Waals surface area contributed by atoms with Gasteiger partial charge in [-0.15, -0.1) is 11.3 Å². The van der Waals surface area contributed by atoms with Crippen molar-refractivity contribution in [2.24, 2.45) is 11.7 Å². The Morgan fingerprint density at radius 3 is 2.94 bits per heavy atom. The Morgan fingerprint density at radius 2 is 2.35 bits per heavy atom. The molecule has 96 valence electrons. The Bertz CT molecular complexity index is 481. The van der Waals surface area contributed by atoms with Crippen molar-refractivity contribution in [2.75, 3.05) is 13.1 Å². The molecule has 17 heavy (non-hydrogen) atoms. The summed E-state index contributed by atoms with van der Waals surface area (Å²) < 4.78 is 26.7. The quantitative estimate of drug-likeness (QED) is 0.911. The summed E-state index contributed by atoms with van der Waals surface area (Å²) in [6.07, 6.45) is 2.07. The number of hydrogen-bond acceptors (Lipinski definition) is 4. The van der Waals surface area contributed by atoms with Gasteiger partial charge in [-0.1, -0.05) is 6.92 Å². The highest BCUT2D eigenvalue weighted by molar-refractivity contribution is 7.91. The van der Waals surface area contributed by atoms with Crippen molar-refractivity contribution in [1.82, 2.24) is 4.31 Å². The van der Waals surface area contributed by atoms with Crippen molar-refractivity contribution in [1.29, 1.82) is 0 Å². The predicted molar refractivity (Wildman–Crippen MR) is 69.4 cm³/mol. The van der Waals surface area contributed by atoms with Gasteiger partial charge in [0.1, 0.15) is 4.21 Å². The maximum absolute atomic E-state index is 12.4. The van der Waals surface area contributed by atoms with E-state index < -0.39 is 10.0 Å². The second-order valence-corrected chi connectivity index (χ2v) is 7.66. The molecular formula is C11H18N2O2S2. The van der Waals surface area contributed by atoms with Gasteiger partial charge in [-0.25, -0.2) is 8.42 Å². The standard InChI is InChI=1S/C11H18N2O2S2/c1-9-3-2-4-13(7-9)17(14,15)11-5-10(6-12)8-16-11/h5,8-9H,2-4,6-7,12H2,1H3. The van der Waals surface area contributed by atoms with E-state index in [1.54, 1.807) is 10.4 Å². The largest absolute Gasteiger partial charge is 0.326 e. The molecule has 1 fully saturated rings. The normalized spacial score (nSPS) is 22.8. The predicted octanol–water partition coefficient (Wildman–Crippen LogP) is 1.63. The number of rotatable bonds is 3. The molecule has 1 saturated heterocycles. The average Bonchev–Trinajstić information content (AvgIpc) is 2.78. The lowest BCUT2D eigenvalue weighted by atomic mass is 10.0. The molecule has 1 atom stereocenters. The summed E-state index contributed by atoms with van der Waals surface area (Å²) in [6, 6.07) is 1.69. The lowest BCUT2D eigenvalue weighted by Crippen LogP contribution is -2.38. The molecule has 6 heteroatoms. The smallest absolute Gasteiger partial charge is 0.252 e. The van der Waals surface area contributed by atoms with Crippen LogP contribution in [0.3, 0.4) is 0 Å². The highest BCUT2D eigenvalue weighted by Gasteiger charge is 2.29. The monoisotopic (exact) mass is 274 g/mol. The van der Waals surface area contributed by atoms with Gasteiger partial charge in [-0.2, -0.15) is 4.31 Å². The van der Waals surface area contributed by atoms with Crippen molar-refractivity contribution in [3.05, 3.63) is 17.0 Å². The third-order valence-corrected chi connectivity index (χ3v) is 6.41. The Hall–Kier alpha value is -0.430. The number of sulfonamides is 1. The van der Waals surface area contributed by atoms with Gasteiger partial charge in [0.2, 0.25) is 0 Å². The van der Waals surface area contributed by atoms with E-state index in [1.165, 1.54) is 11.3 Å². The Kier molecular flexibility index (Phi) is 3.87. The summed E-state index contributed by atoms with van der Waals surface area (Å²) in [5.74, 6) is 0.451. The van der Waals surface area contributed by atoms with Crippen molar-refractivity contribution in [3.63, 3.8) is 0 Å². The zero-order chi connectivity index (χ0) is 12.5. The van der Waals surface area contributed by atoms with Crippen LogP contribution in [-0.4, -0.2) is 25.8 Å². The van der Waals surface area contributed by atoms with Gasteiger partial charge in [-0.3, -0.25) is 0 Å². The molecule has 4 nitrogen and oxygen atoms in total. The highest BCUT2D eigenvalue weighted by Crippen LogP contribution is 2.27. The van der Waals surface area contributed by atoms with E-state index in [2.05, 4.69) is 6.92 Å². The molecule has 0 aromatic carbocycles. The van der Waals surface area contributed by atoms with Crippen molar-refractivity contribution in [2.45, 2.75) is 30.5 Å². The van der Waals surface area contributed by atoms with Crippen molar-refractivity contribution in [3.8, 4) is 0 Å². The average molecular weight is 274 g/mol. The fraction of sp³-hybridized carbons (Fsp3) is 0.636. The van der Waals surface area contributed by atoms with Crippen molar-refractivity contribution < 1.29 is 8.42 Å². The van der Waals surface area contributed by atoms with E-state index in [1.807, 2.05) is 5.38 Å². The summed E-state index contributed by atoms with van der Waals surface area (Å²) in [6.45, 7) is 3.77. The van der Waals surface area contributed by atoms with Crippen LogP contribution in [0.5, 0.6) is 0 Å². The maximum Gasteiger partial charge on any atom is 0.252 e. The topological polar surface area (TPSA) is 63.4 Å². The number of nitrogens with zero attached hydrogens (tertiary/aromatic N) is 1. The van der Waals surface area contributed by atoms with Crippen LogP contribution in [0.25, 0.3) is 0 Å². The molecular weight excluding hydrogens is 256 g/mol. The van der Waals surface area contributed by atoms with Crippen LogP contribution in [0.15, 0.2) is 15.7 Å². The molecule has 0 saturated carbocycles. The molecule has 2 rings (SSSR count). The van der Waals surface area contributed by atoms with E-state index in [-0.39, 0.29) is 0 Å². The third-order valence-electron chi connectivity index (χ3n) is 3.08.